The Labute approximate surface area is 126 Å². The summed E-state index contributed by atoms with van der Waals surface area (Å²) in [6.07, 6.45) is 0. The lowest BCUT2D eigenvalue weighted by molar-refractivity contribution is 0.0951. The molecule has 0 bridgehead atoms. The summed E-state index contributed by atoms with van der Waals surface area (Å²) in [4.78, 5) is 11.8. The normalized spacial score (nSPS) is 10.4. The molecule has 1 N–H and O–H groups in total. The molecule has 18 heavy (non-hydrogen) atoms. The Morgan fingerprint density at radius 2 is 2.22 bits per heavy atom. The molecule has 0 saturated heterocycles. The van der Waals surface area contributed by atoms with Crippen LogP contribution >= 0.6 is 45.5 Å². The van der Waals surface area contributed by atoms with Crippen LogP contribution in [0.15, 0.2) is 29.6 Å². The van der Waals surface area contributed by atoms with E-state index in [1.54, 1.807) is 11.4 Å². The molecule has 1 heterocycles. The average molecular weight is 396 g/mol. The summed E-state index contributed by atoms with van der Waals surface area (Å²) in [5, 5.41) is 4.62. The molecular weight excluding hydrogens is 388 g/mol. The molecule has 2 nitrogen and oxygen atoms in total. The molecule has 1 aromatic heterocycles. The van der Waals surface area contributed by atoms with Crippen molar-refractivity contribution in [1.29, 1.82) is 0 Å². The summed E-state index contributed by atoms with van der Waals surface area (Å²) in [7, 11) is 0. The van der Waals surface area contributed by atoms with Gasteiger partial charge in [0.1, 0.15) is 5.82 Å². The zero-order valence-electron chi connectivity index (χ0n) is 9.04. The number of rotatable bonds is 3. The molecule has 1 aromatic carbocycles. The molecule has 1 amide bonds. The van der Waals surface area contributed by atoms with Crippen molar-refractivity contribution in [2.45, 2.75) is 6.54 Å². The van der Waals surface area contributed by atoms with E-state index in [-0.39, 0.29) is 10.9 Å². The topological polar surface area (TPSA) is 29.1 Å². The number of carbonyl (C=O) groups is 1. The van der Waals surface area contributed by atoms with Crippen molar-refractivity contribution in [3.63, 3.8) is 0 Å². The first-order chi connectivity index (χ1) is 8.56. The fraction of sp³-hybridized carbons (Fsp3) is 0.0833. The van der Waals surface area contributed by atoms with E-state index >= 15 is 0 Å². The molecule has 0 saturated carbocycles. The lowest BCUT2D eigenvalue weighted by Crippen LogP contribution is -2.22. The highest BCUT2D eigenvalue weighted by atomic mass is 127. The highest BCUT2D eigenvalue weighted by molar-refractivity contribution is 14.1. The van der Waals surface area contributed by atoms with Crippen LogP contribution in [0.1, 0.15) is 15.9 Å². The first kappa shape index (κ1) is 13.8. The Morgan fingerprint density at radius 1 is 1.44 bits per heavy atom. The second kappa shape index (κ2) is 5.99. The summed E-state index contributed by atoms with van der Waals surface area (Å²) in [5.74, 6) is -0.603. The van der Waals surface area contributed by atoms with Gasteiger partial charge in [0.2, 0.25) is 0 Å². The van der Waals surface area contributed by atoms with Crippen LogP contribution in [-0.4, -0.2) is 5.91 Å². The fourth-order valence-corrected chi connectivity index (χ4v) is 2.89. The Kier molecular flexibility index (Phi) is 4.58. The summed E-state index contributed by atoms with van der Waals surface area (Å²) in [6.45, 7) is 0.325. The zero-order chi connectivity index (χ0) is 13.1. The maximum Gasteiger partial charge on any atom is 0.252 e. The molecule has 0 aliphatic rings. The van der Waals surface area contributed by atoms with Crippen molar-refractivity contribution in [3.8, 4) is 0 Å². The second-order valence-corrected chi connectivity index (χ2v) is 6.78. The molecule has 0 aliphatic carbocycles. The number of thiophene rings is 1. The minimum absolute atomic E-state index is 0.0619. The molecule has 94 valence electrons. The number of amides is 1. The number of hydrogen-bond donors (Lipinski definition) is 1. The SMILES string of the molecule is O=C(NCc1ccc(F)c(Cl)c1)c1csc(I)c1. The number of benzene rings is 1. The van der Waals surface area contributed by atoms with E-state index in [0.29, 0.717) is 12.1 Å². The zero-order valence-corrected chi connectivity index (χ0v) is 12.8. The van der Waals surface area contributed by atoms with E-state index in [1.165, 1.54) is 23.5 Å². The lowest BCUT2D eigenvalue weighted by Gasteiger charge is -2.04. The highest BCUT2D eigenvalue weighted by Crippen LogP contribution is 2.18. The maximum atomic E-state index is 12.9. The van der Waals surface area contributed by atoms with Crippen LogP contribution in [0.4, 0.5) is 4.39 Å². The Balaban J connectivity index is 1.99. The van der Waals surface area contributed by atoms with Gasteiger partial charge >= 0.3 is 0 Å². The van der Waals surface area contributed by atoms with Gasteiger partial charge in [-0.2, -0.15) is 0 Å². The van der Waals surface area contributed by atoms with Crippen LogP contribution < -0.4 is 5.32 Å². The smallest absolute Gasteiger partial charge is 0.252 e. The van der Waals surface area contributed by atoms with Gasteiger partial charge in [0, 0.05) is 11.9 Å². The molecule has 0 unspecified atom stereocenters. The Bertz CT molecular complexity index is 587. The van der Waals surface area contributed by atoms with Gasteiger partial charge in [-0.15, -0.1) is 11.3 Å². The third-order valence-corrected chi connectivity index (χ3v) is 4.35. The van der Waals surface area contributed by atoms with Crippen LogP contribution in [0.3, 0.4) is 0 Å². The van der Waals surface area contributed by atoms with Crippen molar-refractivity contribution in [3.05, 3.63) is 54.5 Å². The Morgan fingerprint density at radius 3 is 2.83 bits per heavy atom. The van der Waals surface area contributed by atoms with Crippen LogP contribution in [0.2, 0.25) is 5.02 Å². The van der Waals surface area contributed by atoms with Crippen LogP contribution in [-0.2, 0) is 6.54 Å². The number of halogens is 3. The average Bonchev–Trinajstić information content (AvgIpc) is 2.77. The fourth-order valence-electron chi connectivity index (χ4n) is 1.36. The van der Waals surface area contributed by atoms with Gasteiger partial charge in [-0.25, -0.2) is 4.39 Å². The van der Waals surface area contributed by atoms with Crippen LogP contribution in [0.25, 0.3) is 0 Å². The summed E-state index contributed by atoms with van der Waals surface area (Å²) in [6, 6.07) is 6.21. The second-order valence-electron chi connectivity index (χ2n) is 3.57. The molecule has 0 aliphatic heterocycles. The Hall–Kier alpha value is -0.660. The van der Waals surface area contributed by atoms with Gasteiger partial charge in [-0.3, -0.25) is 4.79 Å². The standard InChI is InChI=1S/C12H8ClFINOS/c13-9-3-7(1-2-10(9)14)5-16-12(17)8-4-11(15)18-6-8/h1-4,6H,5H2,(H,16,17). The lowest BCUT2D eigenvalue weighted by atomic mass is 10.2. The third kappa shape index (κ3) is 3.43. The van der Waals surface area contributed by atoms with E-state index in [0.717, 1.165) is 8.45 Å². The van der Waals surface area contributed by atoms with Gasteiger partial charge in [-0.05, 0) is 46.4 Å². The van der Waals surface area contributed by atoms with E-state index in [4.69, 9.17) is 11.6 Å². The van der Waals surface area contributed by atoms with Crippen LogP contribution in [0, 0.1) is 8.70 Å². The van der Waals surface area contributed by atoms with Gasteiger partial charge in [0.05, 0.1) is 13.5 Å². The molecule has 0 spiro atoms. The molecule has 0 radical (unpaired) electrons. The van der Waals surface area contributed by atoms with Crippen molar-refractivity contribution in [2.75, 3.05) is 0 Å². The number of hydrogen-bond acceptors (Lipinski definition) is 2. The predicted molar refractivity (Wildman–Crippen MR) is 79.6 cm³/mol. The molecule has 2 rings (SSSR count). The van der Waals surface area contributed by atoms with Crippen molar-refractivity contribution in [2.24, 2.45) is 0 Å². The number of nitrogens with one attached hydrogen (secondary N) is 1. The summed E-state index contributed by atoms with van der Waals surface area (Å²) < 4.78 is 14.0. The van der Waals surface area contributed by atoms with Crippen LogP contribution in [0.5, 0.6) is 0 Å². The van der Waals surface area contributed by atoms with Crippen molar-refractivity contribution >= 4 is 51.4 Å². The van der Waals surface area contributed by atoms with Crippen molar-refractivity contribution < 1.29 is 9.18 Å². The van der Waals surface area contributed by atoms with E-state index in [1.807, 2.05) is 6.07 Å². The monoisotopic (exact) mass is 395 g/mol. The molecule has 2 aromatic rings. The van der Waals surface area contributed by atoms with E-state index in [2.05, 4.69) is 27.9 Å². The van der Waals surface area contributed by atoms with Crippen molar-refractivity contribution in [1.82, 2.24) is 5.32 Å². The van der Waals surface area contributed by atoms with Gasteiger partial charge in [-0.1, -0.05) is 17.7 Å². The summed E-state index contributed by atoms with van der Waals surface area (Å²) in [5.41, 5.74) is 1.40. The van der Waals surface area contributed by atoms with E-state index in [9.17, 15) is 9.18 Å². The minimum atomic E-state index is -0.459. The molecular formula is C12H8ClFINOS. The third-order valence-electron chi connectivity index (χ3n) is 2.27. The van der Waals surface area contributed by atoms with Gasteiger partial charge in [0.25, 0.3) is 5.91 Å². The van der Waals surface area contributed by atoms with Gasteiger partial charge in [0.15, 0.2) is 0 Å². The van der Waals surface area contributed by atoms with Gasteiger partial charge < -0.3 is 5.32 Å². The first-order valence-electron chi connectivity index (χ1n) is 5.02. The molecule has 6 heteroatoms. The minimum Gasteiger partial charge on any atom is -0.348 e. The first-order valence-corrected chi connectivity index (χ1v) is 7.36. The quantitative estimate of drug-likeness (QED) is 0.780. The highest BCUT2D eigenvalue weighted by Gasteiger charge is 2.08. The summed E-state index contributed by atoms with van der Waals surface area (Å²) >= 11 is 9.34. The maximum absolute atomic E-state index is 12.9. The predicted octanol–water partition coefficient (Wildman–Crippen LogP) is 4.08. The molecule has 0 fully saturated rings. The molecule has 0 atom stereocenters. The number of carbonyl (C=O) groups excluding carboxylic acids is 1. The van der Waals surface area contributed by atoms with E-state index < -0.39 is 5.82 Å². The largest absolute Gasteiger partial charge is 0.348 e.